The molecule has 0 aromatic carbocycles. The van der Waals surface area contributed by atoms with E-state index < -0.39 is 0 Å². The number of allylic oxidation sites excluding steroid dienone is 2. The van der Waals surface area contributed by atoms with E-state index in [1.807, 2.05) is 0 Å². The van der Waals surface area contributed by atoms with E-state index in [1.165, 1.54) is 199 Å². The van der Waals surface area contributed by atoms with Crippen LogP contribution in [0.25, 0.3) is 0 Å². The highest BCUT2D eigenvalue weighted by Gasteiger charge is 2.03. The predicted molar refractivity (Wildman–Crippen MR) is 198 cm³/mol. The van der Waals surface area contributed by atoms with Crippen molar-refractivity contribution in [1.29, 1.82) is 0 Å². The number of carbonyl (C=O) groups excluding carboxylic acids is 1. The molecule has 0 aromatic rings. The molecule has 0 aromatic heterocycles. The summed E-state index contributed by atoms with van der Waals surface area (Å²) < 4.78 is 5.46. The van der Waals surface area contributed by atoms with Crippen LogP contribution in [0.5, 0.6) is 0 Å². The second kappa shape index (κ2) is 38.4. The molecule has 0 aliphatic heterocycles. The van der Waals surface area contributed by atoms with Crippen molar-refractivity contribution in [2.75, 3.05) is 6.61 Å². The molecule has 0 unspecified atom stereocenters. The fourth-order valence-electron chi connectivity index (χ4n) is 6.26. The minimum atomic E-state index is 0.0261. The number of rotatable bonds is 37. The highest BCUT2D eigenvalue weighted by molar-refractivity contribution is 5.69. The molecule has 0 fully saturated rings. The molecule has 262 valence electrons. The van der Waals surface area contributed by atoms with E-state index in [4.69, 9.17) is 4.74 Å². The lowest BCUT2D eigenvalue weighted by Crippen LogP contribution is -2.05. The van der Waals surface area contributed by atoms with Crippen molar-refractivity contribution in [3.8, 4) is 0 Å². The number of esters is 1. The van der Waals surface area contributed by atoms with Crippen LogP contribution in [0.4, 0.5) is 0 Å². The summed E-state index contributed by atoms with van der Waals surface area (Å²) in [6, 6.07) is 0. The van der Waals surface area contributed by atoms with Gasteiger partial charge in [-0.25, -0.2) is 0 Å². The third kappa shape index (κ3) is 39.2. The van der Waals surface area contributed by atoms with Crippen LogP contribution >= 0.6 is 0 Å². The molecule has 2 heteroatoms. The summed E-state index contributed by atoms with van der Waals surface area (Å²) in [5, 5.41) is 0. The van der Waals surface area contributed by atoms with Crippen LogP contribution in [0.2, 0.25) is 0 Å². The van der Waals surface area contributed by atoms with Gasteiger partial charge in [0, 0.05) is 6.42 Å². The Morgan fingerprint density at radius 3 is 1.20 bits per heavy atom. The van der Waals surface area contributed by atoms with Crippen molar-refractivity contribution < 1.29 is 9.53 Å². The minimum Gasteiger partial charge on any atom is -0.466 e. The Hall–Kier alpha value is -0.790. The molecule has 0 saturated carbocycles. The van der Waals surface area contributed by atoms with Gasteiger partial charge in [0.05, 0.1) is 6.61 Å². The Labute approximate surface area is 278 Å². The maximum atomic E-state index is 12.0. The van der Waals surface area contributed by atoms with Crippen LogP contribution in [0.15, 0.2) is 12.2 Å². The van der Waals surface area contributed by atoms with Crippen molar-refractivity contribution in [2.45, 2.75) is 239 Å². The molecule has 0 bridgehead atoms. The van der Waals surface area contributed by atoms with Crippen molar-refractivity contribution in [1.82, 2.24) is 0 Å². The summed E-state index contributed by atoms with van der Waals surface area (Å²) in [7, 11) is 0. The lowest BCUT2D eigenvalue weighted by Gasteiger charge is -2.06. The molecule has 0 amide bonds. The Morgan fingerprint density at radius 1 is 0.455 bits per heavy atom. The number of unbranched alkanes of at least 4 members (excludes halogenated alkanes) is 29. The molecule has 2 nitrogen and oxygen atoms in total. The van der Waals surface area contributed by atoms with Gasteiger partial charge in [-0.3, -0.25) is 4.79 Å². The molecular weight excluding hydrogens is 536 g/mol. The van der Waals surface area contributed by atoms with Crippen LogP contribution in [0.3, 0.4) is 0 Å². The normalized spacial score (nSPS) is 11.7. The number of hydrogen-bond acceptors (Lipinski definition) is 2. The molecule has 0 rings (SSSR count). The molecule has 0 saturated heterocycles. The van der Waals surface area contributed by atoms with Crippen LogP contribution in [0, 0.1) is 5.92 Å². The van der Waals surface area contributed by atoms with E-state index in [0.717, 1.165) is 18.8 Å². The van der Waals surface area contributed by atoms with Gasteiger partial charge >= 0.3 is 5.97 Å². The molecule has 0 aliphatic rings. The Morgan fingerprint density at radius 2 is 0.795 bits per heavy atom. The molecule has 0 radical (unpaired) electrons. The van der Waals surface area contributed by atoms with E-state index in [0.29, 0.717) is 13.0 Å². The fourth-order valence-corrected chi connectivity index (χ4v) is 6.26. The average Bonchev–Trinajstić information content (AvgIpc) is 3.01. The van der Waals surface area contributed by atoms with E-state index in [-0.39, 0.29) is 5.97 Å². The highest BCUT2D eigenvalue weighted by atomic mass is 16.5. The Bertz CT molecular complexity index is 566. The number of carbonyl (C=O) groups is 1. The SMILES string of the molecule is CCCCCCCCC=CCCCCCCCCCCCCCC(=O)OCCCCCCCCCCCCCCCC(C)C. The van der Waals surface area contributed by atoms with Gasteiger partial charge in [0.15, 0.2) is 0 Å². The first kappa shape index (κ1) is 43.2. The maximum Gasteiger partial charge on any atom is 0.305 e. The van der Waals surface area contributed by atoms with E-state index >= 15 is 0 Å². The van der Waals surface area contributed by atoms with Gasteiger partial charge in [0.25, 0.3) is 0 Å². The van der Waals surface area contributed by atoms with Crippen LogP contribution in [-0.4, -0.2) is 12.6 Å². The summed E-state index contributed by atoms with van der Waals surface area (Å²) in [6.07, 6.45) is 50.1. The second-order valence-corrected chi connectivity index (χ2v) is 14.5. The van der Waals surface area contributed by atoms with Crippen LogP contribution in [0.1, 0.15) is 239 Å². The molecule has 0 spiro atoms. The third-order valence-electron chi connectivity index (χ3n) is 9.33. The average molecular weight is 619 g/mol. The quantitative estimate of drug-likeness (QED) is 0.0393. The molecule has 0 aliphatic carbocycles. The Kier molecular flexibility index (Phi) is 37.7. The van der Waals surface area contributed by atoms with Gasteiger partial charge < -0.3 is 4.74 Å². The van der Waals surface area contributed by atoms with Gasteiger partial charge in [0.1, 0.15) is 0 Å². The number of ether oxygens (including phenoxy) is 1. The molecule has 0 atom stereocenters. The molecule has 0 heterocycles. The lowest BCUT2D eigenvalue weighted by atomic mass is 10.0. The van der Waals surface area contributed by atoms with Gasteiger partial charge in [-0.2, -0.15) is 0 Å². The van der Waals surface area contributed by atoms with Gasteiger partial charge in [-0.1, -0.05) is 206 Å². The van der Waals surface area contributed by atoms with E-state index in [2.05, 4.69) is 32.9 Å². The maximum absolute atomic E-state index is 12.0. The topological polar surface area (TPSA) is 26.3 Å². The van der Waals surface area contributed by atoms with Gasteiger partial charge in [0.2, 0.25) is 0 Å². The minimum absolute atomic E-state index is 0.0261. The van der Waals surface area contributed by atoms with Crippen molar-refractivity contribution >= 4 is 5.97 Å². The van der Waals surface area contributed by atoms with Crippen LogP contribution < -0.4 is 0 Å². The zero-order chi connectivity index (χ0) is 32.0. The van der Waals surface area contributed by atoms with Gasteiger partial charge in [-0.15, -0.1) is 0 Å². The smallest absolute Gasteiger partial charge is 0.305 e. The predicted octanol–water partition coefficient (Wildman–Crippen LogP) is 15.0. The summed E-state index contributed by atoms with van der Waals surface area (Å²) >= 11 is 0. The standard InChI is InChI=1S/C42H82O2/c1-4-5-6-7-8-9-10-11-12-13-14-15-16-17-18-21-24-27-30-33-36-39-42(43)44-40-37-34-31-28-25-22-19-20-23-26-29-32-35-38-41(2)3/h11-12,41H,4-10,13-40H2,1-3H3. The van der Waals surface area contributed by atoms with Gasteiger partial charge in [-0.05, 0) is 44.4 Å². The second-order valence-electron chi connectivity index (χ2n) is 14.5. The van der Waals surface area contributed by atoms with Crippen molar-refractivity contribution in [3.05, 3.63) is 12.2 Å². The summed E-state index contributed by atoms with van der Waals surface area (Å²) in [5.74, 6) is 0.898. The first-order valence-corrected chi connectivity index (χ1v) is 20.5. The van der Waals surface area contributed by atoms with E-state index in [1.54, 1.807) is 0 Å². The first-order valence-electron chi connectivity index (χ1n) is 20.5. The lowest BCUT2D eigenvalue weighted by molar-refractivity contribution is -0.143. The zero-order valence-electron chi connectivity index (χ0n) is 30.8. The highest BCUT2D eigenvalue weighted by Crippen LogP contribution is 2.16. The molecule has 44 heavy (non-hydrogen) atoms. The van der Waals surface area contributed by atoms with Crippen molar-refractivity contribution in [2.24, 2.45) is 5.92 Å². The molecule has 0 N–H and O–H groups in total. The molecular formula is C42H82O2. The van der Waals surface area contributed by atoms with Crippen molar-refractivity contribution in [3.63, 3.8) is 0 Å². The van der Waals surface area contributed by atoms with Crippen LogP contribution in [-0.2, 0) is 9.53 Å². The monoisotopic (exact) mass is 619 g/mol. The summed E-state index contributed by atoms with van der Waals surface area (Å²) in [4.78, 5) is 12.0. The number of hydrogen-bond donors (Lipinski definition) is 0. The first-order chi connectivity index (χ1) is 21.7. The largest absolute Gasteiger partial charge is 0.466 e. The fraction of sp³-hybridized carbons (Fsp3) is 0.929. The van der Waals surface area contributed by atoms with E-state index in [9.17, 15) is 4.79 Å². The third-order valence-corrected chi connectivity index (χ3v) is 9.33. The Balaban J connectivity index is 3.18. The zero-order valence-corrected chi connectivity index (χ0v) is 30.8. The summed E-state index contributed by atoms with van der Waals surface area (Å²) in [6.45, 7) is 7.58. The summed E-state index contributed by atoms with van der Waals surface area (Å²) in [5.41, 5.74) is 0.